The molecule has 2 unspecified atom stereocenters. The normalized spacial score (nSPS) is 19.1. The van der Waals surface area contributed by atoms with E-state index in [0.29, 0.717) is 235 Å². The van der Waals surface area contributed by atoms with Crippen molar-refractivity contribution < 1.29 is 113 Å². The van der Waals surface area contributed by atoms with Crippen LogP contribution in [-0.4, -0.2) is 286 Å². The Hall–Kier alpha value is -9.28. The monoisotopic (exact) mass is 1800 g/mol. The van der Waals surface area contributed by atoms with Gasteiger partial charge in [-0.15, -0.1) is 0 Å². The molecule has 0 spiro atoms. The number of nitrogens with zero attached hydrogens (tertiary/aromatic N) is 7. The summed E-state index contributed by atoms with van der Waals surface area (Å²) in [5, 5.41) is 22.1. The van der Waals surface area contributed by atoms with Crippen molar-refractivity contribution in [3.05, 3.63) is 166 Å². The molecule has 4 fully saturated rings. The van der Waals surface area contributed by atoms with Gasteiger partial charge in [-0.05, 0) is 164 Å². The van der Waals surface area contributed by atoms with Crippen LogP contribution in [0.1, 0.15) is 120 Å². The largest absolute Gasteiger partial charge is 0.491 e. The van der Waals surface area contributed by atoms with Crippen molar-refractivity contribution in [3.8, 4) is 16.9 Å². The number of carboxylic acids is 1. The first-order chi connectivity index (χ1) is 61.5. The number of pyridine rings is 1. The molecule has 7 aromatic rings. The van der Waals surface area contributed by atoms with E-state index in [1.807, 2.05) is 65.0 Å². The number of unbranched alkanes of at least 4 members (excludes halogenated alkanes) is 1. The number of aromatic nitrogens is 4. The summed E-state index contributed by atoms with van der Waals surface area (Å²) in [7, 11) is -2.84. The number of fused-ring (bicyclic) bond motifs is 2. The van der Waals surface area contributed by atoms with E-state index in [2.05, 4.69) is 35.5 Å². The number of ether oxygens (including phenoxy) is 14. The van der Waals surface area contributed by atoms with Crippen molar-refractivity contribution in [2.24, 2.45) is 16.2 Å². The number of carbonyl (C=O) groups is 6. The van der Waals surface area contributed by atoms with Gasteiger partial charge in [-0.1, -0.05) is 79.8 Å². The highest BCUT2D eigenvalue weighted by molar-refractivity contribution is 7.85. The number of amides is 5. The molecule has 13 rings (SSSR count). The molecule has 127 heavy (non-hydrogen) atoms. The van der Waals surface area contributed by atoms with Crippen LogP contribution in [-0.2, 0) is 125 Å². The number of hydrogen-bond donors (Lipinski definition) is 4. The van der Waals surface area contributed by atoms with Crippen molar-refractivity contribution >= 4 is 78.3 Å². The van der Waals surface area contributed by atoms with E-state index in [1.165, 1.54) is 16.2 Å². The molecule has 0 saturated heterocycles. The zero-order valence-corrected chi connectivity index (χ0v) is 74.7. The second-order valence-electron chi connectivity index (χ2n) is 33.4. The molecular formula is C92H120N9O24S2. The Balaban J connectivity index is 0.519. The molecule has 5 heterocycles. The second kappa shape index (κ2) is 47.9. The quantitative estimate of drug-likeness (QED) is 0.0156. The molecule has 4 aromatic carbocycles. The molecule has 4 aliphatic carbocycles. The maximum atomic E-state index is 13.9. The summed E-state index contributed by atoms with van der Waals surface area (Å²) in [6.07, 6.45) is 10.9. The van der Waals surface area contributed by atoms with Crippen LogP contribution in [0, 0.1) is 29.2 Å². The molecule has 35 heteroatoms. The summed E-state index contributed by atoms with van der Waals surface area (Å²) >= 11 is 1.41. The van der Waals surface area contributed by atoms with E-state index in [4.69, 9.17) is 76.4 Å². The van der Waals surface area contributed by atoms with E-state index < -0.39 is 57.3 Å². The third-order valence-corrected chi connectivity index (χ3v) is 24.8. The fourth-order valence-corrected chi connectivity index (χ4v) is 19.8. The summed E-state index contributed by atoms with van der Waals surface area (Å²) in [5.41, 5.74) is 6.16. The number of hydrogen-bond acceptors (Lipinski definition) is 27. The topological polar surface area (TPSA) is 384 Å². The molecule has 2 aliphatic heterocycles. The zero-order chi connectivity index (χ0) is 89.5. The summed E-state index contributed by atoms with van der Waals surface area (Å²) < 4.78 is 116. The molecule has 689 valence electrons. The predicted octanol–water partition coefficient (Wildman–Crippen LogP) is 10.0. The van der Waals surface area contributed by atoms with Gasteiger partial charge in [0, 0.05) is 87.3 Å². The van der Waals surface area contributed by atoms with E-state index in [9.17, 15) is 46.8 Å². The van der Waals surface area contributed by atoms with Crippen LogP contribution in [0.2, 0.25) is 0 Å². The molecule has 1 radical (unpaired) electrons. The van der Waals surface area contributed by atoms with Crippen LogP contribution >= 0.6 is 11.3 Å². The number of anilines is 2. The van der Waals surface area contributed by atoms with Gasteiger partial charge in [0.1, 0.15) is 30.8 Å². The minimum absolute atomic E-state index is 0.0117. The van der Waals surface area contributed by atoms with Crippen molar-refractivity contribution in [1.82, 2.24) is 34.9 Å². The molecule has 3 aromatic heterocycles. The minimum Gasteiger partial charge on any atom is -0.491 e. The van der Waals surface area contributed by atoms with Crippen LogP contribution in [0.4, 0.5) is 15.7 Å². The molecule has 4 bridgehead atoms. The van der Waals surface area contributed by atoms with Gasteiger partial charge in [-0.25, -0.2) is 19.6 Å². The first kappa shape index (κ1) is 96.8. The predicted molar refractivity (Wildman–Crippen MR) is 471 cm³/mol. The number of carboxylic acid groups (broad SMARTS) is 1. The van der Waals surface area contributed by atoms with Crippen LogP contribution in [0.5, 0.6) is 5.75 Å². The van der Waals surface area contributed by atoms with Gasteiger partial charge in [-0.3, -0.25) is 38.6 Å². The van der Waals surface area contributed by atoms with Gasteiger partial charge in [0.15, 0.2) is 10.8 Å². The van der Waals surface area contributed by atoms with Crippen molar-refractivity contribution in [1.29, 1.82) is 0 Å². The highest BCUT2D eigenvalue weighted by atomic mass is 32.2. The van der Waals surface area contributed by atoms with E-state index >= 15 is 0 Å². The maximum Gasteiger partial charge on any atom is 0.410 e. The maximum absolute atomic E-state index is 13.9. The Morgan fingerprint density at radius 3 is 1.83 bits per heavy atom. The van der Waals surface area contributed by atoms with Gasteiger partial charge in [-0.2, -0.15) is 13.5 Å². The number of thiazole rings is 1. The van der Waals surface area contributed by atoms with Gasteiger partial charge in [0.2, 0.25) is 5.91 Å². The zero-order valence-electron chi connectivity index (χ0n) is 73.1. The summed E-state index contributed by atoms with van der Waals surface area (Å²) in [6, 6.07) is 31.7. The number of aryl methyl sites for hydroxylation is 1. The third-order valence-electron chi connectivity index (χ3n) is 23.2. The van der Waals surface area contributed by atoms with E-state index in [-0.39, 0.29) is 73.7 Å². The molecular weight excluding hydrogens is 1680 g/mol. The summed E-state index contributed by atoms with van der Waals surface area (Å²) in [4.78, 5) is 94.2. The average molecular weight is 1800 g/mol. The Kier molecular flexibility index (Phi) is 36.5. The number of rotatable bonds is 59. The minimum atomic E-state index is -4.47. The Morgan fingerprint density at radius 1 is 0.646 bits per heavy atom. The highest BCUT2D eigenvalue weighted by Gasteiger charge is 2.66. The van der Waals surface area contributed by atoms with Crippen LogP contribution in [0.25, 0.3) is 21.3 Å². The molecule has 6 aliphatic rings. The van der Waals surface area contributed by atoms with Gasteiger partial charge in [0.05, 0.1) is 173 Å². The van der Waals surface area contributed by atoms with Crippen molar-refractivity contribution in [3.63, 3.8) is 0 Å². The number of para-hydroxylation sites is 1. The first-order valence-electron chi connectivity index (χ1n) is 43.6. The van der Waals surface area contributed by atoms with Gasteiger partial charge < -0.3 is 86.5 Å². The molecule has 3 atom stereocenters. The Labute approximate surface area is 745 Å². The Morgan fingerprint density at radius 2 is 1.24 bits per heavy atom. The molecule has 4 saturated carbocycles. The highest BCUT2D eigenvalue weighted by Crippen LogP contribution is 2.72. The number of imide groups is 1. The number of nitrogens with one attached hydrogen (secondary N) is 2. The van der Waals surface area contributed by atoms with Crippen LogP contribution in [0.15, 0.2) is 115 Å². The lowest BCUT2D eigenvalue weighted by Gasteiger charge is -2.69. The lowest BCUT2D eigenvalue weighted by Crippen LogP contribution is -2.64. The fourth-order valence-electron chi connectivity index (χ4n) is 18.5. The van der Waals surface area contributed by atoms with Crippen LogP contribution < -0.4 is 20.3 Å². The lowest BCUT2D eigenvalue weighted by molar-refractivity contribution is -0.248. The standard InChI is InChI=1S/C92H120N9O24S2/c1-67-75(73-23-24-80(96-83(73)86(106)107)99-29-27-71-11-9-12-74(76(71)58-99)84(104)97-87-95-77-13-5-6-14-79(77)126-87)57-94-100(67)66-91-61-89(2)60-90(3,62-91)64-92(63-89,65-91)125-32-30-98(31-55-127(109,110)111)88(108)124-59-70-17-15-68(16-18-70)10-7-8-28-93-85(105)78(101-81(102)25-26-82(101)103)56-69-19-21-72(22-20-69)123-54-53-122-52-51-121-50-49-120-48-47-119-46-45-118-44-43-117-42-41-116-40-39-115-38-37-114-36-35-113-34-33-112-4/h5-6,9,11-17,19-26,57,78H,7-8,10,27-56,58-66H2,1-4H3,(H,93,105)(H,106,107)(H,95,97,104)(H,109,110,111)/t78-,89?,90?,91?,92?/m0/s1. The second-order valence-corrected chi connectivity index (χ2v) is 36.1. The molecule has 5 amide bonds. The van der Waals surface area contributed by atoms with Crippen molar-refractivity contribution in [2.45, 2.75) is 123 Å². The van der Waals surface area contributed by atoms with Gasteiger partial charge >= 0.3 is 12.1 Å². The number of benzene rings is 4. The number of carbonyl (C=O) groups excluding carboxylic acids is 5. The average Bonchev–Trinajstić information content (AvgIpc) is 1.08. The molecule has 33 nitrogen and oxygen atoms in total. The lowest BCUT2D eigenvalue weighted by atomic mass is 9.39. The SMILES string of the molecule is COCCOCCOCCOCCOCCOCCOCCOCCOCCOCCOCCOc1ccc(C[C@@H](C(=O)NCCCCc2c[c]c(COC(=O)N(CCOC34CC5(C)CC(C)(CC(Cn6ncc(-c7ccc(N8CCc9cccc(C(=O)Nc%10nc%11ccccc%11s%10)c9C8)nc7C(=O)O)c6C)(C5)C3)C4)CCS(=O)(=O)O)cc2)N2C(=O)C=CC2=O)cc1. The number of methoxy groups -OCH3 is 1. The van der Waals surface area contributed by atoms with Gasteiger partial charge in [0.25, 0.3) is 27.8 Å². The molecule has 4 N–H and O–H groups in total. The van der Waals surface area contributed by atoms with E-state index in [0.717, 1.165) is 81.8 Å². The first-order valence-corrected chi connectivity index (χ1v) is 46.0. The fraction of sp³-hybridized carbons (Fsp3) is 0.554. The summed E-state index contributed by atoms with van der Waals surface area (Å²) in [5.74, 6) is -2.73. The van der Waals surface area contributed by atoms with Crippen LogP contribution in [0.3, 0.4) is 0 Å². The summed E-state index contributed by atoms with van der Waals surface area (Å²) in [6.45, 7) is 17.8. The Bertz CT molecular complexity index is 4830. The van der Waals surface area contributed by atoms with Crippen molar-refractivity contribution in [2.75, 3.05) is 201 Å². The number of aromatic carboxylic acids is 1. The smallest absolute Gasteiger partial charge is 0.410 e. The van der Waals surface area contributed by atoms with E-state index in [1.54, 1.807) is 61.8 Å². The third kappa shape index (κ3) is 29.1.